The molecule has 1 atom stereocenters. The molecular weight excluding hydrogens is 195 g/mol. The van der Waals surface area contributed by atoms with Gasteiger partial charge in [-0.25, -0.2) is 0 Å². The number of aliphatic hydroxyl groups excluding tert-OH is 1. The number of rotatable bonds is 4. The van der Waals surface area contributed by atoms with Crippen LogP contribution in [0.5, 0.6) is 0 Å². The number of allylic oxidation sites excluding steroid dienone is 1. The molecule has 0 aromatic carbocycles. The molecule has 4 heteroatoms. The molecule has 0 heterocycles. The number of hydrogen-bond acceptors (Lipinski definition) is 3. The normalized spacial score (nSPS) is 23.2. The Bertz CT molecular complexity index is 274. The first-order valence-electron chi connectivity index (χ1n) is 5.41. The summed E-state index contributed by atoms with van der Waals surface area (Å²) >= 11 is 0. The molecule has 0 aromatic heterocycles. The molecule has 3 nitrogen and oxygen atoms in total. The first-order chi connectivity index (χ1) is 7.19. The van der Waals surface area contributed by atoms with Gasteiger partial charge >= 0.3 is 0 Å². The zero-order valence-electron chi connectivity index (χ0n) is 9.39. The van der Waals surface area contributed by atoms with Crippen LogP contribution in [0.4, 0.5) is 4.39 Å². The summed E-state index contributed by atoms with van der Waals surface area (Å²) in [6.45, 7) is 2.24. The quantitative estimate of drug-likeness (QED) is 0.555. The molecule has 15 heavy (non-hydrogen) atoms. The standard InChI is InChI=1S/C11H19FN2O/c1-8-3-4-10(11(12)14-13-2)9(7-8)5-6-15/h8,13,15H,3-7H2,1-2H3/b14-11+/t8-/m1/s1. The van der Waals surface area contributed by atoms with Crippen molar-refractivity contribution in [1.29, 1.82) is 0 Å². The Morgan fingerprint density at radius 3 is 3.00 bits per heavy atom. The minimum Gasteiger partial charge on any atom is -0.396 e. The lowest BCUT2D eigenvalue weighted by Crippen LogP contribution is -2.14. The Morgan fingerprint density at radius 2 is 2.40 bits per heavy atom. The van der Waals surface area contributed by atoms with Crippen LogP contribution in [0.1, 0.15) is 32.6 Å². The van der Waals surface area contributed by atoms with Crippen molar-refractivity contribution in [2.75, 3.05) is 13.7 Å². The number of halogens is 1. The summed E-state index contributed by atoms with van der Waals surface area (Å²) in [6, 6.07) is 0. The van der Waals surface area contributed by atoms with Gasteiger partial charge in [-0.3, -0.25) is 0 Å². The fourth-order valence-corrected chi connectivity index (χ4v) is 2.02. The number of hydrogen-bond donors (Lipinski definition) is 2. The second kappa shape index (κ2) is 5.85. The zero-order chi connectivity index (χ0) is 11.3. The van der Waals surface area contributed by atoms with Gasteiger partial charge in [0.15, 0.2) is 0 Å². The van der Waals surface area contributed by atoms with Crippen LogP contribution in [-0.4, -0.2) is 24.7 Å². The Hall–Kier alpha value is -0.900. The van der Waals surface area contributed by atoms with Crippen molar-refractivity contribution in [3.8, 4) is 0 Å². The monoisotopic (exact) mass is 214 g/mol. The molecule has 1 aliphatic carbocycles. The van der Waals surface area contributed by atoms with Gasteiger partial charge in [-0.15, -0.1) is 5.10 Å². The van der Waals surface area contributed by atoms with Crippen LogP contribution in [-0.2, 0) is 0 Å². The van der Waals surface area contributed by atoms with E-state index in [1.807, 2.05) is 0 Å². The van der Waals surface area contributed by atoms with E-state index in [0.29, 0.717) is 17.9 Å². The first-order valence-corrected chi connectivity index (χ1v) is 5.41. The lowest BCUT2D eigenvalue weighted by Gasteiger charge is -2.23. The Labute approximate surface area is 90.1 Å². The molecule has 0 aromatic rings. The van der Waals surface area contributed by atoms with E-state index in [-0.39, 0.29) is 6.61 Å². The van der Waals surface area contributed by atoms with Crippen molar-refractivity contribution in [2.24, 2.45) is 11.0 Å². The van der Waals surface area contributed by atoms with Gasteiger partial charge in [0.1, 0.15) is 0 Å². The molecular formula is C11H19FN2O. The van der Waals surface area contributed by atoms with E-state index in [2.05, 4.69) is 17.5 Å². The number of nitrogens with one attached hydrogen (secondary N) is 1. The fraction of sp³-hybridized carbons (Fsp3) is 0.727. The average molecular weight is 214 g/mol. The second-order valence-electron chi connectivity index (χ2n) is 4.03. The van der Waals surface area contributed by atoms with Crippen LogP contribution >= 0.6 is 0 Å². The third kappa shape index (κ3) is 3.30. The Kier molecular flexibility index (Phi) is 4.75. The topological polar surface area (TPSA) is 44.6 Å². The summed E-state index contributed by atoms with van der Waals surface area (Å²) in [5.41, 5.74) is 4.17. The van der Waals surface area contributed by atoms with Crippen molar-refractivity contribution < 1.29 is 9.50 Å². The summed E-state index contributed by atoms with van der Waals surface area (Å²) < 4.78 is 13.5. The van der Waals surface area contributed by atoms with Crippen molar-refractivity contribution in [3.05, 3.63) is 11.1 Å². The van der Waals surface area contributed by atoms with Crippen molar-refractivity contribution >= 4 is 5.97 Å². The summed E-state index contributed by atoms with van der Waals surface area (Å²) in [5, 5.41) is 12.5. The van der Waals surface area contributed by atoms with Crippen LogP contribution in [0.3, 0.4) is 0 Å². The predicted molar refractivity (Wildman–Crippen MR) is 59.3 cm³/mol. The minimum atomic E-state index is -0.423. The van der Waals surface area contributed by atoms with E-state index in [4.69, 9.17) is 5.11 Å². The van der Waals surface area contributed by atoms with Gasteiger partial charge in [0, 0.05) is 19.2 Å². The zero-order valence-corrected chi connectivity index (χ0v) is 9.39. The van der Waals surface area contributed by atoms with Crippen LogP contribution in [0.2, 0.25) is 0 Å². The molecule has 0 spiro atoms. The first kappa shape index (κ1) is 12.2. The third-order valence-electron chi connectivity index (χ3n) is 2.78. The fourth-order valence-electron chi connectivity index (χ4n) is 2.02. The summed E-state index contributed by atoms with van der Waals surface area (Å²) in [4.78, 5) is 0. The molecule has 86 valence electrons. The highest BCUT2D eigenvalue weighted by molar-refractivity contribution is 5.93. The molecule has 0 fully saturated rings. The van der Waals surface area contributed by atoms with Gasteiger partial charge in [0.05, 0.1) is 0 Å². The van der Waals surface area contributed by atoms with Crippen LogP contribution in [0, 0.1) is 5.92 Å². The van der Waals surface area contributed by atoms with E-state index >= 15 is 0 Å². The lowest BCUT2D eigenvalue weighted by molar-refractivity contribution is 0.294. The van der Waals surface area contributed by atoms with Crippen molar-refractivity contribution in [1.82, 2.24) is 5.43 Å². The van der Waals surface area contributed by atoms with E-state index in [1.165, 1.54) is 0 Å². The van der Waals surface area contributed by atoms with E-state index in [1.54, 1.807) is 7.05 Å². The van der Waals surface area contributed by atoms with Gasteiger partial charge in [-0.1, -0.05) is 12.5 Å². The highest BCUT2D eigenvalue weighted by Crippen LogP contribution is 2.31. The molecule has 2 N–H and O–H groups in total. The summed E-state index contributed by atoms with van der Waals surface area (Å²) in [6.07, 6.45) is 3.17. The van der Waals surface area contributed by atoms with Crippen LogP contribution in [0.15, 0.2) is 16.2 Å². The third-order valence-corrected chi connectivity index (χ3v) is 2.78. The maximum Gasteiger partial charge on any atom is 0.233 e. The van der Waals surface area contributed by atoms with E-state index in [9.17, 15) is 4.39 Å². The van der Waals surface area contributed by atoms with E-state index < -0.39 is 5.97 Å². The lowest BCUT2D eigenvalue weighted by atomic mass is 9.84. The molecule has 0 saturated heterocycles. The molecule has 0 saturated carbocycles. The maximum absolute atomic E-state index is 13.5. The molecule has 0 bridgehead atoms. The van der Waals surface area contributed by atoms with Gasteiger partial charge in [0.25, 0.3) is 0 Å². The SMILES string of the molecule is CN/N=C(/F)C1=C(CCO)C[C@H](C)CC1. The summed E-state index contributed by atoms with van der Waals surface area (Å²) in [7, 11) is 1.58. The summed E-state index contributed by atoms with van der Waals surface area (Å²) in [5.74, 6) is 0.158. The van der Waals surface area contributed by atoms with Crippen LogP contribution in [0.25, 0.3) is 0 Å². The van der Waals surface area contributed by atoms with Gasteiger partial charge < -0.3 is 10.5 Å². The molecule has 0 aliphatic heterocycles. The van der Waals surface area contributed by atoms with Crippen LogP contribution < -0.4 is 5.43 Å². The largest absolute Gasteiger partial charge is 0.396 e. The highest BCUT2D eigenvalue weighted by atomic mass is 19.1. The number of aliphatic hydroxyl groups is 1. The second-order valence-corrected chi connectivity index (χ2v) is 4.03. The molecule has 0 unspecified atom stereocenters. The van der Waals surface area contributed by atoms with Gasteiger partial charge in [-0.05, 0) is 31.6 Å². The van der Waals surface area contributed by atoms with Gasteiger partial charge in [0.2, 0.25) is 5.97 Å². The van der Waals surface area contributed by atoms with E-state index in [0.717, 1.165) is 24.8 Å². The predicted octanol–water partition coefficient (Wildman–Crippen LogP) is 1.99. The highest BCUT2D eigenvalue weighted by Gasteiger charge is 2.21. The number of nitrogens with zero attached hydrogens (tertiary/aromatic N) is 1. The maximum atomic E-state index is 13.5. The van der Waals surface area contributed by atoms with Gasteiger partial charge in [-0.2, -0.15) is 4.39 Å². The van der Waals surface area contributed by atoms with Crippen molar-refractivity contribution in [3.63, 3.8) is 0 Å². The molecule has 0 radical (unpaired) electrons. The molecule has 0 amide bonds. The average Bonchev–Trinajstić information content (AvgIpc) is 2.18. The minimum absolute atomic E-state index is 0.0817. The number of hydrazone groups is 1. The Morgan fingerprint density at radius 1 is 1.67 bits per heavy atom. The molecule has 1 rings (SSSR count). The smallest absolute Gasteiger partial charge is 0.233 e. The molecule has 1 aliphatic rings. The Balaban J connectivity index is 2.87. The van der Waals surface area contributed by atoms with Crippen molar-refractivity contribution in [2.45, 2.75) is 32.6 Å².